The highest BCUT2D eigenvalue weighted by Crippen LogP contribution is 2.46. The van der Waals surface area contributed by atoms with Crippen LogP contribution < -0.4 is 5.73 Å². The largest absolute Gasteiger partial charge is 0.322 e. The molecule has 0 bridgehead atoms. The van der Waals surface area contributed by atoms with Gasteiger partial charge in [-0.1, -0.05) is 6.92 Å². The van der Waals surface area contributed by atoms with Crippen molar-refractivity contribution in [2.75, 3.05) is 0 Å². The smallest absolute Gasteiger partial charge is 0.0693 e. The van der Waals surface area contributed by atoms with Crippen LogP contribution in [0, 0.1) is 11.8 Å². The van der Waals surface area contributed by atoms with E-state index in [2.05, 4.69) is 28.0 Å². The third-order valence-electron chi connectivity index (χ3n) is 2.89. The highest BCUT2D eigenvalue weighted by molar-refractivity contribution is 9.10. The predicted molar refractivity (Wildman–Crippen MR) is 55.1 cm³/mol. The Morgan fingerprint density at radius 3 is 2.77 bits per heavy atom. The lowest BCUT2D eigenvalue weighted by Crippen LogP contribution is -2.17. The van der Waals surface area contributed by atoms with Crippen molar-refractivity contribution in [1.82, 2.24) is 9.78 Å². The summed E-state index contributed by atoms with van der Waals surface area (Å²) in [5.74, 6) is 1.42. The van der Waals surface area contributed by atoms with Gasteiger partial charge in [-0.05, 0) is 34.2 Å². The maximum atomic E-state index is 6.15. The van der Waals surface area contributed by atoms with Crippen molar-refractivity contribution >= 4 is 15.9 Å². The van der Waals surface area contributed by atoms with Crippen molar-refractivity contribution in [2.24, 2.45) is 24.6 Å². The van der Waals surface area contributed by atoms with Gasteiger partial charge in [0.05, 0.1) is 22.4 Å². The summed E-state index contributed by atoms with van der Waals surface area (Å²) in [4.78, 5) is 0. The molecular formula is C9H14BrN3. The Labute approximate surface area is 86.4 Å². The van der Waals surface area contributed by atoms with E-state index in [9.17, 15) is 0 Å². The van der Waals surface area contributed by atoms with Crippen LogP contribution in [0.2, 0.25) is 0 Å². The molecule has 1 aliphatic carbocycles. The summed E-state index contributed by atoms with van der Waals surface area (Å²) in [6.07, 6.45) is 3.06. The number of hydrogen-bond donors (Lipinski definition) is 1. The highest BCUT2D eigenvalue weighted by Gasteiger charge is 2.40. The minimum atomic E-state index is 0.136. The zero-order valence-corrected chi connectivity index (χ0v) is 9.45. The molecule has 4 heteroatoms. The van der Waals surface area contributed by atoms with Gasteiger partial charge in [0.15, 0.2) is 0 Å². The van der Waals surface area contributed by atoms with Crippen molar-refractivity contribution in [3.63, 3.8) is 0 Å². The summed E-state index contributed by atoms with van der Waals surface area (Å²) in [7, 11) is 1.94. The van der Waals surface area contributed by atoms with E-state index in [-0.39, 0.29) is 6.04 Å². The first kappa shape index (κ1) is 9.21. The fourth-order valence-electron chi connectivity index (χ4n) is 1.85. The highest BCUT2D eigenvalue weighted by atomic mass is 79.9. The van der Waals surface area contributed by atoms with Gasteiger partial charge in [-0.2, -0.15) is 5.10 Å². The van der Waals surface area contributed by atoms with E-state index in [1.54, 1.807) is 0 Å². The van der Waals surface area contributed by atoms with Crippen molar-refractivity contribution in [3.8, 4) is 0 Å². The van der Waals surface area contributed by atoms with Gasteiger partial charge in [0, 0.05) is 7.05 Å². The fourth-order valence-corrected chi connectivity index (χ4v) is 2.46. The van der Waals surface area contributed by atoms with Crippen molar-refractivity contribution in [2.45, 2.75) is 19.4 Å². The first-order valence-electron chi connectivity index (χ1n) is 4.54. The van der Waals surface area contributed by atoms with Crippen LogP contribution in [0.25, 0.3) is 0 Å². The van der Waals surface area contributed by atoms with Crippen molar-refractivity contribution in [1.29, 1.82) is 0 Å². The molecule has 1 heterocycles. The Kier molecular flexibility index (Phi) is 2.20. The SMILES string of the molecule is CC1CC1C(N)c1c(Br)cnn1C. The molecule has 0 amide bonds. The number of nitrogens with two attached hydrogens (primary N) is 1. The number of hydrogen-bond acceptors (Lipinski definition) is 2. The van der Waals surface area contributed by atoms with Crippen molar-refractivity contribution < 1.29 is 0 Å². The molecule has 3 unspecified atom stereocenters. The monoisotopic (exact) mass is 243 g/mol. The Morgan fingerprint density at radius 2 is 2.38 bits per heavy atom. The standard InChI is InChI=1S/C9H14BrN3/c1-5-3-6(5)8(11)9-7(10)4-12-13(9)2/h4-6,8H,3,11H2,1-2H3. The zero-order chi connectivity index (χ0) is 9.59. The van der Waals surface area contributed by atoms with E-state index < -0.39 is 0 Å². The number of nitrogens with zero attached hydrogens (tertiary/aromatic N) is 2. The van der Waals surface area contributed by atoms with E-state index in [1.165, 1.54) is 6.42 Å². The number of aromatic nitrogens is 2. The Morgan fingerprint density at radius 1 is 1.77 bits per heavy atom. The first-order valence-corrected chi connectivity index (χ1v) is 5.33. The summed E-state index contributed by atoms with van der Waals surface area (Å²) < 4.78 is 2.89. The quantitative estimate of drug-likeness (QED) is 0.862. The summed E-state index contributed by atoms with van der Waals surface area (Å²) >= 11 is 3.47. The minimum absolute atomic E-state index is 0.136. The second kappa shape index (κ2) is 3.10. The third-order valence-corrected chi connectivity index (χ3v) is 3.50. The Bertz CT molecular complexity index is 301. The molecule has 2 rings (SSSR count). The van der Waals surface area contributed by atoms with E-state index in [4.69, 9.17) is 5.73 Å². The van der Waals surface area contributed by atoms with Gasteiger partial charge in [0.25, 0.3) is 0 Å². The molecule has 2 N–H and O–H groups in total. The fraction of sp³-hybridized carbons (Fsp3) is 0.667. The van der Waals surface area contributed by atoms with Gasteiger partial charge < -0.3 is 5.73 Å². The molecular weight excluding hydrogens is 230 g/mol. The molecule has 1 aromatic rings. The lowest BCUT2D eigenvalue weighted by Gasteiger charge is -2.11. The third kappa shape index (κ3) is 1.53. The van der Waals surface area contributed by atoms with Crippen LogP contribution in [0.15, 0.2) is 10.7 Å². The van der Waals surface area contributed by atoms with Gasteiger partial charge in [-0.25, -0.2) is 0 Å². The second-order valence-electron chi connectivity index (χ2n) is 3.90. The molecule has 3 nitrogen and oxygen atoms in total. The summed E-state index contributed by atoms with van der Waals surface area (Å²) in [6.45, 7) is 2.24. The van der Waals surface area contributed by atoms with Gasteiger partial charge in [0.2, 0.25) is 0 Å². The molecule has 0 spiro atoms. The average Bonchev–Trinajstić information content (AvgIpc) is 2.70. The molecule has 0 aliphatic heterocycles. The molecule has 0 radical (unpaired) electrons. The Balaban J connectivity index is 2.24. The average molecular weight is 244 g/mol. The van der Waals surface area contributed by atoms with Gasteiger partial charge in [-0.3, -0.25) is 4.68 Å². The number of rotatable bonds is 2. The van der Waals surface area contributed by atoms with Gasteiger partial charge in [0.1, 0.15) is 0 Å². The second-order valence-corrected chi connectivity index (χ2v) is 4.76. The van der Waals surface area contributed by atoms with Gasteiger partial charge >= 0.3 is 0 Å². The maximum Gasteiger partial charge on any atom is 0.0693 e. The first-order chi connectivity index (χ1) is 6.11. The lowest BCUT2D eigenvalue weighted by atomic mass is 10.1. The minimum Gasteiger partial charge on any atom is -0.322 e. The van der Waals surface area contributed by atoms with Crippen LogP contribution in [0.4, 0.5) is 0 Å². The molecule has 1 aromatic heterocycles. The van der Waals surface area contributed by atoms with Crippen LogP contribution >= 0.6 is 15.9 Å². The summed E-state index contributed by atoms with van der Waals surface area (Å²) in [5, 5.41) is 4.16. The molecule has 3 atom stereocenters. The van der Waals surface area contributed by atoms with E-state index in [1.807, 2.05) is 17.9 Å². The molecule has 13 heavy (non-hydrogen) atoms. The Hall–Kier alpha value is -0.350. The molecule has 72 valence electrons. The molecule has 0 saturated heterocycles. The summed E-state index contributed by atoms with van der Waals surface area (Å²) in [5.41, 5.74) is 7.27. The van der Waals surface area contributed by atoms with E-state index in [0.29, 0.717) is 5.92 Å². The van der Waals surface area contributed by atoms with Crippen LogP contribution in [0.1, 0.15) is 25.1 Å². The molecule has 0 aromatic carbocycles. The normalized spacial score (nSPS) is 28.9. The number of aryl methyl sites for hydroxylation is 1. The van der Waals surface area contributed by atoms with Crippen molar-refractivity contribution in [3.05, 3.63) is 16.4 Å². The summed E-state index contributed by atoms with van der Waals surface area (Å²) in [6, 6.07) is 0.136. The molecule has 1 fully saturated rings. The van der Waals surface area contributed by atoms with E-state index in [0.717, 1.165) is 16.1 Å². The zero-order valence-electron chi connectivity index (χ0n) is 7.87. The van der Waals surface area contributed by atoms with Crippen LogP contribution in [-0.4, -0.2) is 9.78 Å². The lowest BCUT2D eigenvalue weighted by molar-refractivity contribution is 0.539. The van der Waals surface area contributed by atoms with E-state index >= 15 is 0 Å². The predicted octanol–water partition coefficient (Wildman–Crippen LogP) is 1.84. The topological polar surface area (TPSA) is 43.8 Å². The molecule has 1 aliphatic rings. The van der Waals surface area contributed by atoms with Crippen LogP contribution in [0.5, 0.6) is 0 Å². The number of halogens is 1. The van der Waals surface area contributed by atoms with Gasteiger partial charge in [-0.15, -0.1) is 0 Å². The van der Waals surface area contributed by atoms with Crippen LogP contribution in [-0.2, 0) is 7.05 Å². The maximum absolute atomic E-state index is 6.15. The van der Waals surface area contributed by atoms with Crippen LogP contribution in [0.3, 0.4) is 0 Å². The molecule has 1 saturated carbocycles.